The number of pyridine rings is 2. The summed E-state index contributed by atoms with van der Waals surface area (Å²) in [4.78, 5) is 23.4. The van der Waals surface area contributed by atoms with E-state index in [2.05, 4.69) is 29.7 Å². The number of hydrogen-bond donors (Lipinski definition) is 1. The summed E-state index contributed by atoms with van der Waals surface area (Å²) in [5, 5.41) is 11.2. The molecule has 1 aliphatic heterocycles. The van der Waals surface area contributed by atoms with Crippen LogP contribution in [0.1, 0.15) is 17.2 Å². The first-order chi connectivity index (χ1) is 17.6. The number of H-pyrrole nitrogens is 1. The number of halogens is 1. The van der Waals surface area contributed by atoms with Crippen LogP contribution in [0.4, 0.5) is 3.89 Å². The number of hydrogen-bond acceptors (Lipinski definition) is 7. The lowest BCUT2D eigenvalue weighted by Gasteiger charge is -2.39. The summed E-state index contributed by atoms with van der Waals surface area (Å²) in [7, 11) is -3.18. The van der Waals surface area contributed by atoms with E-state index < -0.39 is 10.5 Å². The zero-order valence-corrected chi connectivity index (χ0v) is 20.6. The molecule has 0 atom stereocenters. The molecule has 1 fully saturated rings. The second-order valence-corrected chi connectivity index (χ2v) is 10.3. The Balaban J connectivity index is 1.66. The molecule has 186 valence electrons. The topological polar surface area (TPSA) is 121 Å². The molecule has 4 heterocycles. The van der Waals surface area contributed by atoms with E-state index in [1.807, 2.05) is 26.1 Å². The molecule has 0 unspecified atom stereocenters. The molecule has 0 radical (unpaired) electrons. The molecule has 0 amide bonds. The van der Waals surface area contributed by atoms with Gasteiger partial charge in [-0.25, -0.2) is 0 Å². The molecule has 0 aliphatic carbocycles. The third-order valence-electron chi connectivity index (χ3n) is 6.85. The zero-order valence-electron chi connectivity index (χ0n) is 19.8. The normalized spacial score (nSPS) is 14.8. The van der Waals surface area contributed by atoms with Gasteiger partial charge in [-0.05, 0) is 55.4 Å². The number of aryl methyl sites for hydroxylation is 1. The molecule has 3 aromatic heterocycles. The Morgan fingerprint density at radius 2 is 1.95 bits per heavy atom. The van der Waals surface area contributed by atoms with Crippen molar-refractivity contribution in [2.24, 2.45) is 0 Å². The monoisotopic (exact) mass is 517 g/mol. The smallest absolute Gasteiger partial charge is 0.357 e. The molecular formula is C26H20FN5O4S. The number of aromatic amines is 1. The molecule has 0 spiro atoms. The lowest BCUT2D eigenvalue weighted by atomic mass is 9.97. The maximum Gasteiger partial charge on any atom is 0.488 e. The number of fused-ring (bicyclic) bond motifs is 4. The highest BCUT2D eigenvalue weighted by molar-refractivity contribution is 7.81. The first kappa shape index (κ1) is 23.1. The van der Waals surface area contributed by atoms with Gasteiger partial charge < -0.3 is 18.6 Å². The standard InChI is InChI=1S/C26H20FN5O4S/c1-14-5-21-23(8-20(14)16-7-18(11-29-10-16)36-37(27,34)35)32(17-12-31(2)13-17)26-24(25(21)33)19-4-3-15(9-28)6-22(19)30-26/h3-8,10-11,17,30H,12-13H2,1-2H3. The molecule has 11 heteroatoms. The Bertz CT molecular complexity index is 1970. The van der Waals surface area contributed by atoms with Gasteiger partial charge in [0.2, 0.25) is 0 Å². The van der Waals surface area contributed by atoms with Crippen LogP contribution in [0.15, 0.2) is 53.6 Å². The molecule has 2 aromatic carbocycles. The minimum absolute atomic E-state index is 0.0964. The van der Waals surface area contributed by atoms with Crippen LogP contribution in [-0.4, -0.2) is 48.0 Å². The number of benzene rings is 2. The molecule has 6 rings (SSSR count). The number of nitrogens with zero attached hydrogens (tertiary/aromatic N) is 4. The predicted octanol–water partition coefficient (Wildman–Crippen LogP) is 3.96. The van der Waals surface area contributed by atoms with Crippen molar-refractivity contribution in [3.8, 4) is 22.9 Å². The lowest BCUT2D eigenvalue weighted by molar-refractivity contribution is 0.146. The average Bonchev–Trinajstić information content (AvgIpc) is 3.20. The number of nitrogens with one attached hydrogen (secondary N) is 1. The van der Waals surface area contributed by atoms with Gasteiger partial charge in [-0.15, -0.1) is 0 Å². The van der Waals surface area contributed by atoms with Gasteiger partial charge in [0.1, 0.15) is 5.65 Å². The Kier molecular flexibility index (Phi) is 5.08. The van der Waals surface area contributed by atoms with E-state index in [4.69, 9.17) is 0 Å². The van der Waals surface area contributed by atoms with Crippen molar-refractivity contribution in [2.45, 2.75) is 13.0 Å². The summed E-state index contributed by atoms with van der Waals surface area (Å²) >= 11 is 0. The second-order valence-electron chi connectivity index (χ2n) is 9.36. The van der Waals surface area contributed by atoms with E-state index in [0.29, 0.717) is 44.1 Å². The summed E-state index contributed by atoms with van der Waals surface area (Å²) < 4.78 is 41.5. The van der Waals surface area contributed by atoms with E-state index in [1.165, 1.54) is 12.3 Å². The van der Waals surface area contributed by atoms with Gasteiger partial charge in [0.15, 0.2) is 11.2 Å². The summed E-state index contributed by atoms with van der Waals surface area (Å²) in [5.74, 6) is -0.253. The molecule has 5 aromatic rings. The van der Waals surface area contributed by atoms with E-state index in [0.717, 1.165) is 30.2 Å². The van der Waals surface area contributed by atoms with Gasteiger partial charge in [-0.1, -0.05) is 9.95 Å². The second kappa shape index (κ2) is 8.12. The molecular weight excluding hydrogens is 497 g/mol. The fourth-order valence-corrected chi connectivity index (χ4v) is 5.56. The van der Waals surface area contributed by atoms with Crippen molar-refractivity contribution < 1.29 is 16.5 Å². The molecule has 0 bridgehead atoms. The van der Waals surface area contributed by atoms with Crippen molar-refractivity contribution in [2.75, 3.05) is 20.1 Å². The van der Waals surface area contributed by atoms with Crippen molar-refractivity contribution in [1.29, 1.82) is 5.26 Å². The number of likely N-dealkylation sites (tertiary alicyclic amines) is 1. The summed E-state index contributed by atoms with van der Waals surface area (Å²) in [6, 6.07) is 12.6. The first-order valence-corrected chi connectivity index (χ1v) is 12.8. The van der Waals surface area contributed by atoms with Crippen LogP contribution in [0.2, 0.25) is 0 Å². The maximum absolute atomic E-state index is 13.8. The van der Waals surface area contributed by atoms with Crippen molar-refractivity contribution >= 4 is 43.3 Å². The molecule has 9 nitrogen and oxygen atoms in total. The Labute approximate surface area is 210 Å². The zero-order chi connectivity index (χ0) is 26.1. The molecule has 1 saturated heterocycles. The Morgan fingerprint density at radius 3 is 2.65 bits per heavy atom. The maximum atomic E-state index is 13.8. The van der Waals surface area contributed by atoms with E-state index in [1.54, 1.807) is 18.2 Å². The number of likely N-dealkylation sites (N-methyl/N-ethyl adjacent to an activating group) is 1. The van der Waals surface area contributed by atoms with Gasteiger partial charge in [-0.3, -0.25) is 9.78 Å². The predicted molar refractivity (Wildman–Crippen MR) is 137 cm³/mol. The van der Waals surface area contributed by atoms with Gasteiger partial charge in [0.25, 0.3) is 0 Å². The Morgan fingerprint density at radius 1 is 1.16 bits per heavy atom. The SMILES string of the molecule is Cc1cc2c(=O)c3c4ccc(C#N)cc4[nH]c3n(C3CN(C)C3)c2cc1-c1cncc(OS(=O)(=O)F)c1. The third-order valence-corrected chi connectivity index (χ3v) is 7.24. The highest BCUT2D eigenvalue weighted by Crippen LogP contribution is 2.35. The van der Waals surface area contributed by atoms with Crippen LogP contribution < -0.4 is 9.61 Å². The first-order valence-electron chi connectivity index (χ1n) is 11.5. The highest BCUT2D eigenvalue weighted by Gasteiger charge is 2.29. The quantitative estimate of drug-likeness (QED) is 0.358. The largest absolute Gasteiger partial charge is 0.488 e. The minimum atomic E-state index is -5.20. The lowest BCUT2D eigenvalue weighted by Crippen LogP contribution is -2.45. The fraction of sp³-hybridized carbons (Fsp3) is 0.192. The molecule has 1 N–H and O–H groups in total. The van der Waals surface area contributed by atoms with Crippen LogP contribution in [0, 0.1) is 18.3 Å². The van der Waals surface area contributed by atoms with Gasteiger partial charge in [0, 0.05) is 41.1 Å². The van der Waals surface area contributed by atoms with Crippen LogP contribution >= 0.6 is 0 Å². The minimum Gasteiger partial charge on any atom is -0.357 e. The highest BCUT2D eigenvalue weighted by atomic mass is 32.3. The van der Waals surface area contributed by atoms with Crippen molar-refractivity contribution in [3.05, 3.63) is 70.1 Å². The summed E-state index contributed by atoms with van der Waals surface area (Å²) in [5.41, 5.74) is 4.43. The van der Waals surface area contributed by atoms with Crippen molar-refractivity contribution in [3.63, 3.8) is 0 Å². The van der Waals surface area contributed by atoms with E-state index >= 15 is 0 Å². The van der Waals surface area contributed by atoms with Crippen LogP contribution in [0.5, 0.6) is 5.75 Å². The van der Waals surface area contributed by atoms with Gasteiger partial charge >= 0.3 is 10.5 Å². The molecule has 1 aliphatic rings. The molecule has 0 saturated carbocycles. The Hall–Kier alpha value is -4.27. The van der Waals surface area contributed by atoms with Gasteiger partial charge in [0.05, 0.1) is 34.8 Å². The summed E-state index contributed by atoms with van der Waals surface area (Å²) in [6.45, 7) is 3.41. The van der Waals surface area contributed by atoms with Crippen LogP contribution in [-0.2, 0) is 10.5 Å². The van der Waals surface area contributed by atoms with Crippen LogP contribution in [0.3, 0.4) is 0 Å². The van der Waals surface area contributed by atoms with E-state index in [-0.39, 0.29) is 17.2 Å². The van der Waals surface area contributed by atoms with Crippen LogP contribution in [0.25, 0.3) is 44.0 Å². The number of rotatable bonds is 4. The molecule has 37 heavy (non-hydrogen) atoms. The average molecular weight is 518 g/mol. The van der Waals surface area contributed by atoms with Crippen molar-refractivity contribution in [1.82, 2.24) is 19.4 Å². The van der Waals surface area contributed by atoms with Gasteiger partial charge in [-0.2, -0.15) is 13.7 Å². The number of nitriles is 1. The fourth-order valence-electron chi connectivity index (χ4n) is 5.24. The summed E-state index contributed by atoms with van der Waals surface area (Å²) in [6.07, 6.45) is 2.64. The third kappa shape index (κ3) is 3.82. The number of aromatic nitrogens is 3. The van der Waals surface area contributed by atoms with E-state index in [9.17, 15) is 22.4 Å².